The average Bonchev–Trinajstić information content (AvgIpc) is 3.12. The molecule has 0 fully saturated rings. The van der Waals surface area contributed by atoms with E-state index in [4.69, 9.17) is 14.5 Å². The molecule has 7 nitrogen and oxygen atoms in total. The highest BCUT2D eigenvalue weighted by Gasteiger charge is 2.47. The topological polar surface area (TPSA) is 73.7 Å². The summed E-state index contributed by atoms with van der Waals surface area (Å²) < 4.78 is 12.5. The Morgan fingerprint density at radius 3 is 2.57 bits per heavy atom. The van der Waals surface area contributed by atoms with Crippen LogP contribution in [0.5, 0.6) is 0 Å². The Bertz CT molecular complexity index is 1070. The summed E-state index contributed by atoms with van der Waals surface area (Å²) in [6.07, 6.45) is 0. The highest BCUT2D eigenvalue weighted by atomic mass is 16.5. The Hall–Kier alpha value is -3.19. The van der Waals surface area contributed by atoms with Gasteiger partial charge in [0.1, 0.15) is 0 Å². The number of aryl methyl sites for hydroxylation is 1. The molecule has 0 bridgehead atoms. The van der Waals surface area contributed by atoms with Crippen molar-refractivity contribution in [1.82, 2.24) is 9.55 Å². The van der Waals surface area contributed by atoms with Crippen molar-refractivity contribution in [3.05, 3.63) is 59.7 Å². The maximum atomic E-state index is 13.6. The summed E-state index contributed by atoms with van der Waals surface area (Å²) in [5.74, 6) is -1.34. The van der Waals surface area contributed by atoms with E-state index in [1.165, 1.54) is 4.90 Å². The number of rotatable bonds is 6. The highest BCUT2D eigenvalue weighted by Crippen LogP contribution is 2.41. The summed E-state index contributed by atoms with van der Waals surface area (Å²) in [5, 5.41) is 0. The first-order valence-corrected chi connectivity index (χ1v) is 10.1. The molecule has 0 saturated heterocycles. The fourth-order valence-corrected chi connectivity index (χ4v) is 4.01. The lowest BCUT2D eigenvalue weighted by molar-refractivity contribution is -0.153. The van der Waals surface area contributed by atoms with Crippen molar-refractivity contribution in [3.8, 4) is 0 Å². The number of imidazole rings is 1. The van der Waals surface area contributed by atoms with Crippen molar-refractivity contribution in [3.63, 3.8) is 0 Å². The third kappa shape index (κ3) is 3.35. The maximum absolute atomic E-state index is 13.6. The second-order valence-corrected chi connectivity index (χ2v) is 7.34. The largest absolute Gasteiger partial charge is 0.465 e. The quantitative estimate of drug-likeness (QED) is 0.464. The average molecular weight is 407 g/mol. The van der Waals surface area contributed by atoms with Crippen molar-refractivity contribution in [2.75, 3.05) is 31.8 Å². The van der Waals surface area contributed by atoms with E-state index in [-0.39, 0.29) is 12.5 Å². The monoisotopic (exact) mass is 407 g/mol. The molecule has 1 amide bonds. The molecule has 0 N–H and O–H groups in total. The van der Waals surface area contributed by atoms with E-state index in [0.29, 0.717) is 19.1 Å². The van der Waals surface area contributed by atoms with Crippen LogP contribution in [-0.2, 0) is 19.1 Å². The minimum Gasteiger partial charge on any atom is -0.465 e. The number of methoxy groups -OCH3 is 1. The molecular formula is C23H25N3O4. The number of esters is 1. The summed E-state index contributed by atoms with van der Waals surface area (Å²) in [6.45, 7) is 4.59. The number of ether oxygens (including phenoxy) is 2. The van der Waals surface area contributed by atoms with Gasteiger partial charge >= 0.3 is 5.97 Å². The van der Waals surface area contributed by atoms with Crippen LogP contribution in [0.1, 0.15) is 24.1 Å². The first kappa shape index (κ1) is 20.1. The number of amides is 1. The van der Waals surface area contributed by atoms with Crippen LogP contribution in [0.2, 0.25) is 0 Å². The molecule has 156 valence electrons. The minimum atomic E-state index is -1.00. The Morgan fingerprint density at radius 1 is 1.13 bits per heavy atom. The molecule has 0 saturated carbocycles. The van der Waals surface area contributed by atoms with Crippen LogP contribution < -0.4 is 4.90 Å². The lowest BCUT2D eigenvalue weighted by atomic mass is 9.89. The van der Waals surface area contributed by atoms with Crippen LogP contribution in [0.4, 0.5) is 5.95 Å². The Balaban J connectivity index is 1.97. The lowest BCUT2D eigenvalue weighted by Gasteiger charge is -2.37. The molecule has 0 unspecified atom stereocenters. The first-order chi connectivity index (χ1) is 14.6. The van der Waals surface area contributed by atoms with Crippen LogP contribution in [-0.4, -0.2) is 48.3 Å². The first-order valence-electron chi connectivity index (χ1n) is 10.1. The van der Waals surface area contributed by atoms with Gasteiger partial charge in [0.05, 0.1) is 36.8 Å². The molecule has 0 spiro atoms. The van der Waals surface area contributed by atoms with Crippen LogP contribution in [0.3, 0.4) is 0 Å². The predicted octanol–water partition coefficient (Wildman–Crippen LogP) is 3.11. The van der Waals surface area contributed by atoms with E-state index < -0.39 is 17.9 Å². The molecule has 4 rings (SSSR count). The van der Waals surface area contributed by atoms with E-state index in [1.54, 1.807) is 14.0 Å². The van der Waals surface area contributed by atoms with Crippen LogP contribution in [0.25, 0.3) is 11.0 Å². The molecule has 30 heavy (non-hydrogen) atoms. The summed E-state index contributed by atoms with van der Waals surface area (Å²) in [4.78, 5) is 32.8. The molecule has 2 atom stereocenters. The summed E-state index contributed by atoms with van der Waals surface area (Å²) >= 11 is 0. The van der Waals surface area contributed by atoms with Gasteiger partial charge in [-0.15, -0.1) is 0 Å². The Labute approximate surface area is 175 Å². The molecule has 0 radical (unpaired) electrons. The summed E-state index contributed by atoms with van der Waals surface area (Å²) in [5.41, 5.74) is 3.60. The fourth-order valence-electron chi connectivity index (χ4n) is 4.01. The van der Waals surface area contributed by atoms with Gasteiger partial charge in [-0.1, -0.05) is 42.0 Å². The molecule has 1 aliphatic heterocycles. The minimum absolute atomic E-state index is 0.207. The molecule has 7 heteroatoms. The number of aromatic nitrogens is 2. The van der Waals surface area contributed by atoms with Crippen molar-refractivity contribution in [1.29, 1.82) is 0 Å². The van der Waals surface area contributed by atoms with Gasteiger partial charge in [-0.05, 0) is 31.5 Å². The van der Waals surface area contributed by atoms with Gasteiger partial charge in [0, 0.05) is 7.11 Å². The molecule has 3 aromatic rings. The number of fused-ring (bicyclic) bond motifs is 3. The molecule has 1 aromatic heterocycles. The normalized spacial score (nSPS) is 18.5. The number of para-hydroxylation sites is 2. The maximum Gasteiger partial charge on any atom is 0.321 e. The van der Waals surface area contributed by atoms with E-state index in [2.05, 4.69) is 0 Å². The van der Waals surface area contributed by atoms with Gasteiger partial charge in [-0.3, -0.25) is 14.5 Å². The molecular weight excluding hydrogens is 382 g/mol. The van der Waals surface area contributed by atoms with Gasteiger partial charge in [-0.2, -0.15) is 0 Å². The third-order valence-electron chi connectivity index (χ3n) is 5.42. The summed E-state index contributed by atoms with van der Waals surface area (Å²) in [7, 11) is 1.58. The van der Waals surface area contributed by atoms with Crippen LogP contribution >= 0.6 is 0 Å². The molecule has 2 aromatic carbocycles. The standard InChI is InChI=1S/C23H25N3O4/c1-4-30-22(28)19-20(16-11-9-15(2)10-12-16)26-18-8-6-5-7-17(18)24-23(26)25(21(19)27)13-14-29-3/h5-12,19-20H,4,13-14H2,1-3H3/t19-,20+/m0/s1. The Kier molecular flexibility index (Phi) is 5.55. The van der Waals surface area contributed by atoms with Gasteiger partial charge in [0.25, 0.3) is 0 Å². The smallest absolute Gasteiger partial charge is 0.321 e. The van der Waals surface area contributed by atoms with E-state index in [1.807, 2.05) is 60.0 Å². The highest BCUT2D eigenvalue weighted by molar-refractivity contribution is 6.08. The van der Waals surface area contributed by atoms with Crippen LogP contribution in [0.15, 0.2) is 48.5 Å². The predicted molar refractivity (Wildman–Crippen MR) is 113 cm³/mol. The molecule has 2 heterocycles. The molecule has 0 aliphatic carbocycles. The van der Waals surface area contributed by atoms with Gasteiger partial charge in [-0.25, -0.2) is 4.98 Å². The van der Waals surface area contributed by atoms with Crippen LogP contribution in [0, 0.1) is 12.8 Å². The zero-order chi connectivity index (χ0) is 21.3. The lowest BCUT2D eigenvalue weighted by Crippen LogP contribution is -2.51. The number of carbonyl (C=O) groups excluding carboxylic acids is 2. The fraction of sp³-hybridized carbons (Fsp3) is 0.348. The third-order valence-corrected chi connectivity index (χ3v) is 5.42. The zero-order valence-corrected chi connectivity index (χ0v) is 17.4. The van der Waals surface area contributed by atoms with Gasteiger partial charge in [0.2, 0.25) is 11.9 Å². The number of anilines is 1. The van der Waals surface area contributed by atoms with Crippen molar-refractivity contribution >= 4 is 28.9 Å². The second kappa shape index (κ2) is 8.28. The van der Waals surface area contributed by atoms with Crippen molar-refractivity contribution in [2.45, 2.75) is 19.9 Å². The van der Waals surface area contributed by atoms with Crippen molar-refractivity contribution < 1.29 is 19.1 Å². The number of hydrogen-bond donors (Lipinski definition) is 0. The number of benzene rings is 2. The van der Waals surface area contributed by atoms with E-state index >= 15 is 0 Å². The van der Waals surface area contributed by atoms with Crippen molar-refractivity contribution in [2.24, 2.45) is 5.92 Å². The second-order valence-electron chi connectivity index (χ2n) is 7.34. The SMILES string of the molecule is CCOC(=O)[C@@H]1C(=O)N(CCOC)c2nc3ccccc3n2[C@@H]1c1ccc(C)cc1. The summed E-state index contributed by atoms with van der Waals surface area (Å²) in [6, 6.07) is 15.1. The number of nitrogens with zero attached hydrogens (tertiary/aromatic N) is 3. The van der Waals surface area contributed by atoms with E-state index in [0.717, 1.165) is 22.2 Å². The van der Waals surface area contributed by atoms with Gasteiger partial charge < -0.3 is 14.0 Å². The van der Waals surface area contributed by atoms with Gasteiger partial charge in [0.15, 0.2) is 5.92 Å². The molecule has 1 aliphatic rings. The van der Waals surface area contributed by atoms with E-state index in [9.17, 15) is 9.59 Å². The number of hydrogen-bond acceptors (Lipinski definition) is 5. The number of carbonyl (C=O) groups is 2. The Morgan fingerprint density at radius 2 is 1.87 bits per heavy atom. The zero-order valence-electron chi connectivity index (χ0n) is 17.4.